The zero-order valence-corrected chi connectivity index (χ0v) is 13.7. The van der Waals surface area contributed by atoms with E-state index < -0.39 is 0 Å². The molecule has 4 heteroatoms. The van der Waals surface area contributed by atoms with E-state index in [0.29, 0.717) is 0 Å². The normalized spacial score (nSPS) is 10.7. The number of nitrogens with zero attached hydrogens (tertiary/aromatic N) is 1. The molecule has 2 aromatic carbocycles. The first kappa shape index (κ1) is 15.2. The Hall–Kier alpha value is -2.75. The van der Waals surface area contributed by atoms with Crippen molar-refractivity contribution < 1.29 is 4.79 Å². The van der Waals surface area contributed by atoms with Crippen molar-refractivity contribution >= 4 is 28.3 Å². The van der Waals surface area contributed by atoms with Crippen molar-refractivity contribution in [3.8, 4) is 0 Å². The minimum Gasteiger partial charge on any atom is -0.346 e. The van der Waals surface area contributed by atoms with E-state index >= 15 is 0 Å². The summed E-state index contributed by atoms with van der Waals surface area (Å²) in [5.41, 5.74) is 5.00. The second-order valence-corrected chi connectivity index (χ2v) is 5.74. The fourth-order valence-electron chi connectivity index (χ4n) is 2.84. The molecule has 0 spiro atoms. The number of nitrogens with one attached hydrogen (secondary N) is 2. The summed E-state index contributed by atoms with van der Waals surface area (Å²) < 4.78 is 2.13. The molecule has 2 N–H and O–H groups in total. The van der Waals surface area contributed by atoms with E-state index in [-0.39, 0.29) is 6.03 Å². The molecule has 4 nitrogen and oxygen atoms in total. The predicted molar refractivity (Wildman–Crippen MR) is 96.2 cm³/mol. The average Bonchev–Trinajstić information content (AvgIpc) is 2.88. The fraction of sp³-hybridized carbons (Fsp3) is 0.211. The van der Waals surface area contributed by atoms with Crippen molar-refractivity contribution in [3.63, 3.8) is 0 Å². The van der Waals surface area contributed by atoms with E-state index in [4.69, 9.17) is 0 Å². The first-order valence-corrected chi connectivity index (χ1v) is 7.81. The number of benzene rings is 2. The molecule has 0 atom stereocenters. The molecule has 0 saturated heterocycles. The van der Waals surface area contributed by atoms with Crippen LogP contribution in [0.4, 0.5) is 16.2 Å². The third-order valence-corrected chi connectivity index (χ3v) is 4.01. The fourth-order valence-corrected chi connectivity index (χ4v) is 2.84. The lowest BCUT2D eigenvalue weighted by atomic mass is 10.1. The Morgan fingerprint density at radius 2 is 1.78 bits per heavy atom. The van der Waals surface area contributed by atoms with E-state index in [0.717, 1.165) is 34.4 Å². The Balaban J connectivity index is 1.83. The number of anilines is 2. The van der Waals surface area contributed by atoms with E-state index in [2.05, 4.69) is 34.3 Å². The molecule has 0 radical (unpaired) electrons. The van der Waals surface area contributed by atoms with E-state index in [1.165, 1.54) is 5.56 Å². The molecular weight excluding hydrogens is 286 g/mol. The SMILES string of the molecule is CCn1cc(NC(=O)Nc2ccc(C)cc2C)c2ccccc21. The van der Waals surface area contributed by atoms with Crippen LogP contribution in [0, 0.1) is 13.8 Å². The van der Waals surface area contributed by atoms with Crippen LogP contribution >= 0.6 is 0 Å². The molecule has 0 aliphatic heterocycles. The zero-order valence-electron chi connectivity index (χ0n) is 13.7. The van der Waals surface area contributed by atoms with Gasteiger partial charge in [0.25, 0.3) is 0 Å². The minimum atomic E-state index is -0.226. The number of amides is 2. The van der Waals surface area contributed by atoms with Gasteiger partial charge in [-0.1, -0.05) is 35.9 Å². The average molecular weight is 307 g/mol. The van der Waals surface area contributed by atoms with E-state index in [1.807, 2.05) is 50.4 Å². The first-order chi connectivity index (χ1) is 11.1. The number of carbonyl (C=O) groups is 1. The van der Waals surface area contributed by atoms with Crippen molar-refractivity contribution in [2.24, 2.45) is 0 Å². The van der Waals surface area contributed by atoms with Crippen molar-refractivity contribution in [1.29, 1.82) is 0 Å². The second-order valence-electron chi connectivity index (χ2n) is 5.74. The molecule has 0 fully saturated rings. The van der Waals surface area contributed by atoms with E-state index in [9.17, 15) is 4.79 Å². The van der Waals surface area contributed by atoms with Crippen molar-refractivity contribution in [1.82, 2.24) is 4.57 Å². The standard InChI is InChI=1S/C19H21N3O/c1-4-22-12-17(15-7-5-6-8-18(15)22)21-19(23)20-16-10-9-13(2)11-14(16)3/h5-12H,4H2,1-3H3,(H2,20,21,23). The summed E-state index contributed by atoms with van der Waals surface area (Å²) in [5, 5.41) is 6.92. The van der Waals surface area contributed by atoms with Crippen molar-refractivity contribution in [3.05, 3.63) is 59.8 Å². The van der Waals surface area contributed by atoms with Crippen LogP contribution in [0.2, 0.25) is 0 Å². The van der Waals surface area contributed by atoms with Crippen LogP contribution in [0.3, 0.4) is 0 Å². The highest BCUT2D eigenvalue weighted by Crippen LogP contribution is 2.26. The van der Waals surface area contributed by atoms with Crippen LogP contribution in [-0.2, 0) is 6.54 Å². The monoisotopic (exact) mass is 307 g/mol. The van der Waals surface area contributed by atoms with Crippen LogP contribution in [0.15, 0.2) is 48.7 Å². The number of fused-ring (bicyclic) bond motifs is 1. The summed E-state index contributed by atoms with van der Waals surface area (Å²) in [4.78, 5) is 12.3. The molecular formula is C19H21N3O. The maximum absolute atomic E-state index is 12.3. The molecule has 1 aromatic heterocycles. The quantitative estimate of drug-likeness (QED) is 0.708. The van der Waals surface area contributed by atoms with Gasteiger partial charge in [-0.05, 0) is 38.5 Å². The lowest BCUT2D eigenvalue weighted by molar-refractivity contribution is 0.262. The lowest BCUT2D eigenvalue weighted by Gasteiger charge is -2.10. The van der Waals surface area contributed by atoms with Gasteiger partial charge in [0.15, 0.2) is 0 Å². The van der Waals surface area contributed by atoms with Gasteiger partial charge in [-0.3, -0.25) is 0 Å². The number of aromatic nitrogens is 1. The highest BCUT2D eigenvalue weighted by Gasteiger charge is 2.11. The predicted octanol–water partition coefficient (Wildman–Crippen LogP) is 4.92. The van der Waals surface area contributed by atoms with Gasteiger partial charge in [0.1, 0.15) is 0 Å². The lowest BCUT2D eigenvalue weighted by Crippen LogP contribution is -2.19. The largest absolute Gasteiger partial charge is 0.346 e. The van der Waals surface area contributed by atoms with Crippen molar-refractivity contribution in [2.75, 3.05) is 10.6 Å². The first-order valence-electron chi connectivity index (χ1n) is 7.81. The Kier molecular flexibility index (Phi) is 4.06. The summed E-state index contributed by atoms with van der Waals surface area (Å²) in [6.45, 7) is 6.98. The Labute approximate surface area is 136 Å². The maximum atomic E-state index is 12.3. The molecule has 0 saturated carbocycles. The molecule has 0 aliphatic carbocycles. The summed E-state index contributed by atoms with van der Waals surface area (Å²) in [6, 6.07) is 13.8. The number of urea groups is 1. The molecule has 3 aromatic rings. The maximum Gasteiger partial charge on any atom is 0.323 e. The third-order valence-electron chi connectivity index (χ3n) is 4.01. The molecule has 0 bridgehead atoms. The van der Waals surface area contributed by atoms with Gasteiger partial charge < -0.3 is 15.2 Å². The van der Waals surface area contributed by atoms with Gasteiger partial charge >= 0.3 is 6.03 Å². The molecule has 1 heterocycles. The smallest absolute Gasteiger partial charge is 0.323 e. The molecule has 23 heavy (non-hydrogen) atoms. The van der Waals surface area contributed by atoms with Gasteiger partial charge in [-0.2, -0.15) is 0 Å². The number of aryl methyl sites for hydroxylation is 3. The number of hydrogen-bond acceptors (Lipinski definition) is 1. The van der Waals surface area contributed by atoms with Gasteiger partial charge in [0.2, 0.25) is 0 Å². The Morgan fingerprint density at radius 1 is 1.04 bits per heavy atom. The van der Waals surface area contributed by atoms with Crippen LogP contribution in [-0.4, -0.2) is 10.6 Å². The number of hydrogen-bond donors (Lipinski definition) is 2. The van der Waals surface area contributed by atoms with Gasteiger partial charge in [0.05, 0.1) is 11.2 Å². The number of para-hydroxylation sites is 1. The van der Waals surface area contributed by atoms with E-state index in [1.54, 1.807) is 0 Å². The van der Waals surface area contributed by atoms with Gasteiger partial charge in [-0.15, -0.1) is 0 Å². The molecule has 118 valence electrons. The summed E-state index contributed by atoms with van der Waals surface area (Å²) in [7, 11) is 0. The van der Waals surface area contributed by atoms with Gasteiger partial charge in [0, 0.05) is 23.8 Å². The number of carbonyl (C=O) groups excluding carboxylic acids is 1. The molecule has 2 amide bonds. The Morgan fingerprint density at radius 3 is 2.52 bits per heavy atom. The second kappa shape index (κ2) is 6.16. The summed E-state index contributed by atoms with van der Waals surface area (Å²) in [5.74, 6) is 0. The highest BCUT2D eigenvalue weighted by atomic mass is 16.2. The molecule has 0 aliphatic rings. The summed E-state index contributed by atoms with van der Waals surface area (Å²) >= 11 is 0. The minimum absolute atomic E-state index is 0.226. The Bertz CT molecular complexity index is 864. The highest BCUT2D eigenvalue weighted by molar-refractivity contribution is 6.06. The summed E-state index contributed by atoms with van der Waals surface area (Å²) in [6.07, 6.45) is 1.98. The number of rotatable bonds is 3. The van der Waals surface area contributed by atoms with Crippen molar-refractivity contribution in [2.45, 2.75) is 27.3 Å². The van der Waals surface area contributed by atoms with Crippen LogP contribution in [0.1, 0.15) is 18.1 Å². The molecule has 3 rings (SSSR count). The van der Waals surface area contributed by atoms with Crippen LogP contribution in [0.25, 0.3) is 10.9 Å². The molecule has 0 unspecified atom stereocenters. The third kappa shape index (κ3) is 3.06. The van der Waals surface area contributed by atoms with Gasteiger partial charge in [-0.25, -0.2) is 4.79 Å². The van der Waals surface area contributed by atoms with Crippen LogP contribution in [0.5, 0.6) is 0 Å². The zero-order chi connectivity index (χ0) is 16.4. The van der Waals surface area contributed by atoms with Crippen LogP contribution < -0.4 is 10.6 Å². The topological polar surface area (TPSA) is 46.1 Å².